The molecule has 1 aliphatic heterocycles. The molecule has 1 unspecified atom stereocenters. The van der Waals surface area contributed by atoms with Gasteiger partial charge in [0.2, 0.25) is 0 Å². The van der Waals surface area contributed by atoms with E-state index in [0.29, 0.717) is 5.84 Å². The minimum Gasteiger partial charge on any atom is -0.456 e. The third kappa shape index (κ3) is 5.49. The molecule has 1 atom stereocenters. The predicted molar refractivity (Wildman–Crippen MR) is 202 cm³/mol. The zero-order valence-corrected chi connectivity index (χ0v) is 26.6. The Morgan fingerprint density at radius 3 is 1.59 bits per heavy atom. The first kappa shape index (κ1) is 28.7. The molecule has 0 radical (unpaired) electrons. The Morgan fingerprint density at radius 2 is 0.959 bits per heavy atom. The van der Waals surface area contributed by atoms with Crippen molar-refractivity contribution in [2.24, 2.45) is 9.98 Å². The lowest BCUT2D eigenvalue weighted by Gasteiger charge is -2.24. The first-order valence-electron chi connectivity index (χ1n) is 16.5. The van der Waals surface area contributed by atoms with Crippen molar-refractivity contribution in [1.82, 2.24) is 5.32 Å². The van der Waals surface area contributed by atoms with Gasteiger partial charge in [-0.3, -0.25) is 0 Å². The molecule has 0 amide bonds. The Bertz CT molecular complexity index is 2480. The molecule has 0 bridgehead atoms. The third-order valence-electron chi connectivity index (χ3n) is 9.17. The van der Waals surface area contributed by atoms with Crippen molar-refractivity contribution in [3.63, 3.8) is 0 Å². The van der Waals surface area contributed by atoms with Crippen LogP contribution in [0.2, 0.25) is 0 Å². The zero-order chi connectivity index (χ0) is 32.6. The molecule has 0 aliphatic carbocycles. The highest BCUT2D eigenvalue weighted by Gasteiger charge is 2.24. The van der Waals surface area contributed by atoms with E-state index in [-0.39, 0.29) is 6.17 Å². The molecule has 1 aromatic heterocycles. The van der Waals surface area contributed by atoms with Crippen LogP contribution in [0.25, 0.3) is 55.3 Å². The molecule has 4 nitrogen and oxygen atoms in total. The molecule has 0 fully saturated rings. The van der Waals surface area contributed by atoms with Crippen molar-refractivity contribution in [3.05, 3.63) is 193 Å². The molecule has 232 valence electrons. The Morgan fingerprint density at radius 1 is 0.449 bits per heavy atom. The number of fused-ring (bicyclic) bond motifs is 3. The second-order valence-electron chi connectivity index (χ2n) is 12.3. The van der Waals surface area contributed by atoms with Gasteiger partial charge < -0.3 is 9.73 Å². The van der Waals surface area contributed by atoms with E-state index in [1.54, 1.807) is 0 Å². The summed E-state index contributed by atoms with van der Waals surface area (Å²) in [6.07, 6.45) is -0.338. The Labute approximate surface area is 284 Å². The van der Waals surface area contributed by atoms with Crippen LogP contribution < -0.4 is 5.32 Å². The van der Waals surface area contributed by atoms with Crippen LogP contribution in [0.15, 0.2) is 190 Å². The van der Waals surface area contributed by atoms with Gasteiger partial charge in [-0.05, 0) is 57.1 Å². The Kier molecular flexibility index (Phi) is 7.17. The fraction of sp³-hybridized carbons (Fsp3) is 0.0222. The summed E-state index contributed by atoms with van der Waals surface area (Å²) < 4.78 is 6.50. The maximum absolute atomic E-state index is 6.50. The van der Waals surface area contributed by atoms with Gasteiger partial charge >= 0.3 is 0 Å². The fourth-order valence-electron chi connectivity index (χ4n) is 6.65. The molecular weight excluding hydrogens is 599 g/mol. The van der Waals surface area contributed by atoms with E-state index >= 15 is 0 Å². The number of benzene rings is 7. The monoisotopic (exact) mass is 629 g/mol. The second-order valence-corrected chi connectivity index (χ2v) is 12.3. The molecular formula is C45H31N3O. The molecule has 4 heteroatoms. The number of nitrogens with one attached hydrogen (secondary N) is 1. The van der Waals surface area contributed by atoms with Gasteiger partial charge in [0.25, 0.3) is 0 Å². The maximum Gasteiger partial charge on any atom is 0.160 e. The molecule has 0 saturated heterocycles. The summed E-state index contributed by atoms with van der Waals surface area (Å²) in [5, 5.41) is 5.68. The van der Waals surface area contributed by atoms with Gasteiger partial charge in [0.15, 0.2) is 5.84 Å². The summed E-state index contributed by atoms with van der Waals surface area (Å²) in [7, 11) is 0. The van der Waals surface area contributed by atoms with Crippen LogP contribution in [0.5, 0.6) is 0 Å². The molecule has 1 aliphatic rings. The molecule has 49 heavy (non-hydrogen) atoms. The van der Waals surface area contributed by atoms with Crippen molar-refractivity contribution < 1.29 is 4.42 Å². The van der Waals surface area contributed by atoms with Crippen LogP contribution in [-0.2, 0) is 0 Å². The van der Waals surface area contributed by atoms with Gasteiger partial charge in [-0.1, -0.05) is 158 Å². The lowest BCUT2D eigenvalue weighted by molar-refractivity contribution is 0.668. The quantitative estimate of drug-likeness (QED) is 0.199. The molecule has 7 aromatic carbocycles. The van der Waals surface area contributed by atoms with E-state index in [0.717, 1.165) is 55.6 Å². The standard InChI is InChI=1S/C45H31N3O/c1-4-12-30(13-5-1)32-20-22-34(23-21-32)37-28-39(42-38-18-10-11-19-40(38)49-41(42)29-37)45-47-43(35-16-8-3-9-17-35)46-44(48-45)36-26-24-33(25-27-36)31-14-6-2-7-15-31/h1-29,44H,(H,46,47,48). The number of amidine groups is 2. The van der Waals surface area contributed by atoms with Gasteiger partial charge in [0.05, 0.1) is 0 Å². The second kappa shape index (κ2) is 12.3. The minimum atomic E-state index is -0.338. The number of aliphatic imine (C=N–C) groups is 2. The SMILES string of the molecule is c1ccc(C2=NC(c3cc(-c4ccc(-c5ccccc5)cc4)cc4oc5ccccc5c34)=NC(c3ccc(-c4ccccc4)cc3)N2)cc1. The van der Waals surface area contributed by atoms with E-state index in [4.69, 9.17) is 14.4 Å². The number of hydrogen-bond donors (Lipinski definition) is 1. The Balaban J connectivity index is 1.20. The number of para-hydroxylation sites is 1. The predicted octanol–water partition coefficient (Wildman–Crippen LogP) is 11.1. The van der Waals surface area contributed by atoms with Gasteiger partial charge in [0, 0.05) is 21.9 Å². The minimum absolute atomic E-state index is 0.338. The first-order chi connectivity index (χ1) is 24.3. The first-order valence-corrected chi connectivity index (χ1v) is 16.5. The van der Waals surface area contributed by atoms with E-state index in [1.807, 2.05) is 42.5 Å². The van der Waals surface area contributed by atoms with E-state index in [9.17, 15) is 0 Å². The fourth-order valence-corrected chi connectivity index (χ4v) is 6.65. The summed E-state index contributed by atoms with van der Waals surface area (Å²) >= 11 is 0. The van der Waals surface area contributed by atoms with Crippen LogP contribution in [0.3, 0.4) is 0 Å². The average Bonchev–Trinajstić information content (AvgIpc) is 3.57. The molecule has 0 saturated carbocycles. The molecule has 0 spiro atoms. The van der Waals surface area contributed by atoms with Gasteiger partial charge in [0.1, 0.15) is 23.2 Å². The zero-order valence-electron chi connectivity index (χ0n) is 26.6. The van der Waals surface area contributed by atoms with Gasteiger partial charge in [-0.25, -0.2) is 9.98 Å². The molecule has 1 N–H and O–H groups in total. The summed E-state index contributed by atoms with van der Waals surface area (Å²) in [6, 6.07) is 61.0. The number of nitrogens with zero attached hydrogens (tertiary/aromatic N) is 2. The smallest absolute Gasteiger partial charge is 0.160 e. The van der Waals surface area contributed by atoms with Gasteiger partial charge in [-0.15, -0.1) is 0 Å². The van der Waals surface area contributed by atoms with Crippen LogP contribution in [-0.4, -0.2) is 11.7 Å². The lowest BCUT2D eigenvalue weighted by atomic mass is 9.96. The highest BCUT2D eigenvalue weighted by Crippen LogP contribution is 2.37. The largest absolute Gasteiger partial charge is 0.456 e. The van der Waals surface area contributed by atoms with Crippen molar-refractivity contribution in [2.45, 2.75) is 6.17 Å². The number of rotatable bonds is 6. The molecule has 8 aromatic rings. The van der Waals surface area contributed by atoms with Crippen LogP contribution >= 0.6 is 0 Å². The summed E-state index contributed by atoms with van der Waals surface area (Å²) in [4.78, 5) is 10.5. The van der Waals surface area contributed by atoms with Crippen molar-refractivity contribution in [1.29, 1.82) is 0 Å². The van der Waals surface area contributed by atoms with E-state index in [2.05, 4.69) is 139 Å². The van der Waals surface area contributed by atoms with E-state index in [1.165, 1.54) is 22.3 Å². The van der Waals surface area contributed by atoms with Crippen LogP contribution in [0.4, 0.5) is 0 Å². The highest BCUT2D eigenvalue weighted by molar-refractivity contribution is 6.22. The average molecular weight is 630 g/mol. The summed E-state index contributed by atoms with van der Waals surface area (Å²) in [5.41, 5.74) is 11.5. The van der Waals surface area contributed by atoms with Crippen LogP contribution in [0, 0.1) is 0 Å². The summed E-state index contributed by atoms with van der Waals surface area (Å²) in [6.45, 7) is 0. The number of hydrogen-bond acceptors (Lipinski definition) is 4. The van der Waals surface area contributed by atoms with Crippen molar-refractivity contribution >= 4 is 33.6 Å². The normalized spacial score (nSPS) is 14.3. The van der Waals surface area contributed by atoms with Crippen LogP contribution in [0.1, 0.15) is 22.9 Å². The third-order valence-corrected chi connectivity index (χ3v) is 9.17. The topological polar surface area (TPSA) is 49.9 Å². The Hall–Kier alpha value is -6.52. The van der Waals surface area contributed by atoms with Gasteiger partial charge in [-0.2, -0.15) is 0 Å². The molecule has 2 heterocycles. The van der Waals surface area contributed by atoms with E-state index < -0.39 is 0 Å². The maximum atomic E-state index is 6.50. The highest BCUT2D eigenvalue weighted by atomic mass is 16.3. The van der Waals surface area contributed by atoms with Crippen molar-refractivity contribution in [2.75, 3.05) is 0 Å². The van der Waals surface area contributed by atoms with Crippen molar-refractivity contribution in [3.8, 4) is 33.4 Å². The lowest BCUT2D eigenvalue weighted by Crippen LogP contribution is -2.33. The number of furan rings is 1. The summed E-state index contributed by atoms with van der Waals surface area (Å²) in [5.74, 6) is 1.44. The molecule has 9 rings (SSSR count).